The van der Waals surface area contributed by atoms with Crippen molar-refractivity contribution in [2.24, 2.45) is 5.41 Å². The van der Waals surface area contributed by atoms with Gasteiger partial charge in [0.15, 0.2) is 5.41 Å². The number of esters is 2. The van der Waals surface area contributed by atoms with Crippen molar-refractivity contribution in [1.29, 1.82) is 0 Å². The van der Waals surface area contributed by atoms with Crippen LogP contribution in [0.25, 0.3) is 0 Å². The van der Waals surface area contributed by atoms with E-state index in [4.69, 9.17) is 9.47 Å². The summed E-state index contributed by atoms with van der Waals surface area (Å²) < 4.78 is 10.3. The van der Waals surface area contributed by atoms with E-state index in [0.29, 0.717) is 12.0 Å². The molecule has 1 aromatic rings. The molecule has 122 valence electrons. The Labute approximate surface area is 136 Å². The molecule has 1 aromatic carbocycles. The molecule has 0 fully saturated rings. The minimum Gasteiger partial charge on any atom is -0.465 e. The summed E-state index contributed by atoms with van der Waals surface area (Å²) in [6.07, 6.45) is 2.76. The Morgan fingerprint density at radius 1 is 1.09 bits per heavy atom. The van der Waals surface area contributed by atoms with Gasteiger partial charge in [-0.2, -0.15) is 0 Å². The van der Waals surface area contributed by atoms with Gasteiger partial charge in [-0.15, -0.1) is 0 Å². The first-order valence-electron chi connectivity index (χ1n) is 7.83. The predicted octanol–water partition coefficient (Wildman–Crippen LogP) is 3.23. The Hall–Kier alpha value is -2.36. The molecule has 0 aromatic heterocycles. The zero-order valence-electron chi connectivity index (χ0n) is 13.6. The lowest BCUT2D eigenvalue weighted by Crippen LogP contribution is -2.41. The first-order chi connectivity index (χ1) is 11.1. The average Bonchev–Trinajstić information content (AvgIpc) is 2.87. The standard InChI is InChI=1S/C19H22O4/c1-4-22-17(20)19(18(21)23-5-2)12-11-16(14(19)3)13-15-9-7-6-8-10-15/h6-11H,3-5,12-13H2,1-2H3. The molecular formula is C19H22O4. The molecule has 0 spiro atoms. The van der Waals surface area contributed by atoms with E-state index < -0.39 is 17.4 Å². The van der Waals surface area contributed by atoms with E-state index in [1.54, 1.807) is 13.8 Å². The van der Waals surface area contributed by atoms with Crippen LogP contribution in [-0.4, -0.2) is 25.2 Å². The van der Waals surface area contributed by atoms with Crippen molar-refractivity contribution in [1.82, 2.24) is 0 Å². The lowest BCUT2D eigenvalue weighted by Gasteiger charge is -2.26. The second-order valence-electron chi connectivity index (χ2n) is 5.42. The zero-order chi connectivity index (χ0) is 16.9. The molecule has 0 bridgehead atoms. The van der Waals surface area contributed by atoms with Crippen LogP contribution in [0.5, 0.6) is 0 Å². The third kappa shape index (κ3) is 3.21. The van der Waals surface area contributed by atoms with Gasteiger partial charge < -0.3 is 9.47 Å². The summed E-state index contributed by atoms with van der Waals surface area (Å²) in [5.41, 5.74) is 1.04. The van der Waals surface area contributed by atoms with Crippen molar-refractivity contribution in [2.75, 3.05) is 13.2 Å². The van der Waals surface area contributed by atoms with E-state index in [-0.39, 0.29) is 19.6 Å². The van der Waals surface area contributed by atoms with E-state index >= 15 is 0 Å². The smallest absolute Gasteiger partial charge is 0.328 e. The lowest BCUT2D eigenvalue weighted by atomic mass is 9.79. The van der Waals surface area contributed by atoms with Crippen molar-refractivity contribution in [3.05, 3.63) is 59.7 Å². The van der Waals surface area contributed by atoms with Gasteiger partial charge >= 0.3 is 11.9 Å². The van der Waals surface area contributed by atoms with E-state index in [2.05, 4.69) is 6.58 Å². The van der Waals surface area contributed by atoms with Gasteiger partial charge in [-0.25, -0.2) is 0 Å². The Kier molecular flexibility index (Phi) is 5.37. The third-order valence-corrected chi connectivity index (χ3v) is 4.04. The van der Waals surface area contributed by atoms with E-state index in [9.17, 15) is 9.59 Å². The van der Waals surface area contributed by atoms with Crippen molar-refractivity contribution < 1.29 is 19.1 Å². The number of carbonyl (C=O) groups is 2. The van der Waals surface area contributed by atoms with Crippen LogP contribution in [0.15, 0.2) is 54.1 Å². The van der Waals surface area contributed by atoms with Crippen molar-refractivity contribution in [3.8, 4) is 0 Å². The molecule has 0 N–H and O–H groups in total. The minimum absolute atomic E-state index is 0.210. The maximum absolute atomic E-state index is 12.5. The maximum atomic E-state index is 12.5. The highest BCUT2D eigenvalue weighted by Crippen LogP contribution is 2.45. The molecule has 1 aliphatic rings. The highest BCUT2D eigenvalue weighted by Gasteiger charge is 2.54. The van der Waals surface area contributed by atoms with Crippen LogP contribution < -0.4 is 0 Å². The Bertz CT molecular complexity index is 610. The second-order valence-corrected chi connectivity index (χ2v) is 5.42. The number of allylic oxidation sites excluding steroid dienone is 2. The molecule has 0 saturated heterocycles. The summed E-state index contributed by atoms with van der Waals surface area (Å²) in [7, 11) is 0. The van der Waals surface area contributed by atoms with Gasteiger partial charge in [-0.3, -0.25) is 9.59 Å². The summed E-state index contributed by atoms with van der Waals surface area (Å²) >= 11 is 0. The number of benzene rings is 1. The van der Waals surface area contributed by atoms with Gasteiger partial charge in [0.05, 0.1) is 13.2 Å². The van der Waals surface area contributed by atoms with Crippen LogP contribution in [0.1, 0.15) is 25.8 Å². The maximum Gasteiger partial charge on any atom is 0.328 e. The van der Waals surface area contributed by atoms with Gasteiger partial charge in [0, 0.05) is 0 Å². The molecule has 0 aliphatic heterocycles. The Morgan fingerprint density at radius 3 is 2.17 bits per heavy atom. The van der Waals surface area contributed by atoms with Crippen LogP contribution in [0.2, 0.25) is 0 Å². The fourth-order valence-electron chi connectivity index (χ4n) is 2.80. The molecule has 0 atom stereocenters. The van der Waals surface area contributed by atoms with Crippen LogP contribution in [0.4, 0.5) is 0 Å². The normalized spacial score (nSPS) is 15.9. The number of carbonyl (C=O) groups excluding carboxylic acids is 2. The number of rotatable bonds is 6. The monoisotopic (exact) mass is 314 g/mol. The Morgan fingerprint density at radius 2 is 1.65 bits per heavy atom. The van der Waals surface area contributed by atoms with Gasteiger partial charge in [0.1, 0.15) is 0 Å². The number of hydrogen-bond donors (Lipinski definition) is 0. The predicted molar refractivity (Wildman–Crippen MR) is 87.7 cm³/mol. The minimum atomic E-state index is -1.43. The fraction of sp³-hybridized carbons (Fsp3) is 0.368. The molecule has 2 rings (SSSR count). The summed E-state index contributed by atoms with van der Waals surface area (Å²) in [5, 5.41) is 0. The average molecular weight is 314 g/mol. The van der Waals surface area contributed by atoms with Crippen molar-refractivity contribution in [3.63, 3.8) is 0 Å². The summed E-state index contributed by atoms with van der Waals surface area (Å²) in [6, 6.07) is 9.86. The third-order valence-electron chi connectivity index (χ3n) is 4.04. The first kappa shape index (κ1) is 17.0. The zero-order valence-corrected chi connectivity index (χ0v) is 13.6. The molecule has 4 heteroatoms. The summed E-state index contributed by atoms with van der Waals surface area (Å²) in [6.45, 7) is 7.87. The molecule has 0 saturated carbocycles. The highest BCUT2D eigenvalue weighted by molar-refractivity contribution is 6.05. The van der Waals surface area contributed by atoms with Gasteiger partial charge in [0.2, 0.25) is 0 Å². The molecule has 0 amide bonds. The number of ether oxygens (including phenoxy) is 2. The van der Waals surface area contributed by atoms with E-state index in [0.717, 1.165) is 11.1 Å². The van der Waals surface area contributed by atoms with Crippen LogP contribution >= 0.6 is 0 Å². The molecule has 23 heavy (non-hydrogen) atoms. The quantitative estimate of drug-likeness (QED) is 0.597. The molecule has 0 radical (unpaired) electrons. The van der Waals surface area contributed by atoms with E-state index in [1.807, 2.05) is 36.4 Å². The largest absolute Gasteiger partial charge is 0.465 e. The lowest BCUT2D eigenvalue weighted by molar-refractivity contribution is -0.168. The van der Waals surface area contributed by atoms with Crippen molar-refractivity contribution >= 4 is 11.9 Å². The van der Waals surface area contributed by atoms with Gasteiger partial charge in [0.25, 0.3) is 0 Å². The van der Waals surface area contributed by atoms with Crippen LogP contribution in [-0.2, 0) is 25.5 Å². The molecule has 4 nitrogen and oxygen atoms in total. The highest BCUT2D eigenvalue weighted by atomic mass is 16.6. The Balaban J connectivity index is 2.27. The number of hydrogen-bond acceptors (Lipinski definition) is 4. The fourth-order valence-corrected chi connectivity index (χ4v) is 2.80. The summed E-state index contributed by atoms with van der Waals surface area (Å²) in [4.78, 5) is 24.9. The van der Waals surface area contributed by atoms with E-state index in [1.165, 1.54) is 0 Å². The SMILES string of the molecule is C=C1C(Cc2ccccc2)=CCC1(C(=O)OCC)C(=O)OCC. The second kappa shape index (κ2) is 7.27. The van der Waals surface area contributed by atoms with Crippen LogP contribution in [0.3, 0.4) is 0 Å². The van der Waals surface area contributed by atoms with Gasteiger partial charge in [-0.1, -0.05) is 43.0 Å². The molecule has 0 heterocycles. The molecular weight excluding hydrogens is 292 g/mol. The first-order valence-corrected chi connectivity index (χ1v) is 7.83. The molecule has 0 unspecified atom stereocenters. The van der Waals surface area contributed by atoms with Crippen molar-refractivity contribution in [2.45, 2.75) is 26.7 Å². The van der Waals surface area contributed by atoms with Crippen LogP contribution in [0, 0.1) is 5.41 Å². The molecule has 1 aliphatic carbocycles. The van der Waals surface area contributed by atoms with Gasteiger partial charge in [-0.05, 0) is 43.4 Å². The topological polar surface area (TPSA) is 52.6 Å². The summed E-state index contributed by atoms with van der Waals surface area (Å²) in [5.74, 6) is -1.16.